The van der Waals surface area contributed by atoms with Crippen LogP contribution in [0.3, 0.4) is 0 Å². The Hall–Kier alpha value is -1.79. The lowest BCUT2D eigenvalue weighted by atomic mass is 10.1. The van der Waals surface area contributed by atoms with E-state index < -0.39 is 0 Å². The van der Waals surface area contributed by atoms with Gasteiger partial charge in [-0.2, -0.15) is 0 Å². The van der Waals surface area contributed by atoms with E-state index in [1.165, 1.54) is 0 Å². The van der Waals surface area contributed by atoms with Crippen molar-refractivity contribution < 1.29 is 19.0 Å². The highest BCUT2D eigenvalue weighted by atomic mass is 16.5. The van der Waals surface area contributed by atoms with Crippen LogP contribution in [0.25, 0.3) is 0 Å². The van der Waals surface area contributed by atoms with Gasteiger partial charge in [0.2, 0.25) is 0 Å². The standard InChI is InChI=1S/C20H32N2O4/c1-14(2)12-22-8-9-25-17(13-22)11-21-20(23)16-6-7-18(26-15(3)4)19(10-16)24-5/h6-7,10,14-15,17H,8-9,11-13H2,1-5H3,(H,21,23). The third-order valence-corrected chi connectivity index (χ3v) is 4.13. The van der Waals surface area contributed by atoms with E-state index in [1.807, 2.05) is 13.8 Å². The number of hydrogen-bond acceptors (Lipinski definition) is 5. The zero-order valence-corrected chi connectivity index (χ0v) is 16.6. The number of carbonyl (C=O) groups excluding carboxylic acids is 1. The summed E-state index contributed by atoms with van der Waals surface area (Å²) in [5.74, 6) is 1.69. The highest BCUT2D eigenvalue weighted by molar-refractivity contribution is 5.94. The molecule has 1 N–H and O–H groups in total. The second-order valence-electron chi connectivity index (χ2n) is 7.39. The van der Waals surface area contributed by atoms with Gasteiger partial charge in [0.1, 0.15) is 0 Å². The number of morpholine rings is 1. The molecule has 0 aliphatic carbocycles. The molecule has 6 nitrogen and oxygen atoms in total. The SMILES string of the molecule is COc1cc(C(=O)NCC2CN(CC(C)C)CCO2)ccc1OC(C)C. The lowest BCUT2D eigenvalue weighted by Crippen LogP contribution is -2.48. The van der Waals surface area contributed by atoms with E-state index in [0.29, 0.717) is 36.1 Å². The van der Waals surface area contributed by atoms with Gasteiger partial charge in [-0.1, -0.05) is 13.8 Å². The van der Waals surface area contributed by atoms with Crippen molar-refractivity contribution in [2.24, 2.45) is 5.92 Å². The van der Waals surface area contributed by atoms with Gasteiger partial charge in [0.15, 0.2) is 11.5 Å². The molecule has 26 heavy (non-hydrogen) atoms. The van der Waals surface area contributed by atoms with Crippen LogP contribution in [0.4, 0.5) is 0 Å². The van der Waals surface area contributed by atoms with Crippen LogP contribution >= 0.6 is 0 Å². The molecule has 0 bridgehead atoms. The summed E-state index contributed by atoms with van der Waals surface area (Å²) in [5.41, 5.74) is 0.549. The smallest absolute Gasteiger partial charge is 0.251 e. The average Bonchev–Trinajstić information content (AvgIpc) is 2.59. The van der Waals surface area contributed by atoms with Crippen LogP contribution in [-0.4, -0.2) is 62.9 Å². The van der Waals surface area contributed by atoms with Gasteiger partial charge in [-0.3, -0.25) is 9.69 Å². The van der Waals surface area contributed by atoms with Crippen molar-refractivity contribution in [1.29, 1.82) is 0 Å². The first-order valence-electron chi connectivity index (χ1n) is 9.36. The first-order chi connectivity index (χ1) is 12.4. The Morgan fingerprint density at radius 1 is 1.31 bits per heavy atom. The Balaban J connectivity index is 1.91. The summed E-state index contributed by atoms with van der Waals surface area (Å²) in [4.78, 5) is 14.9. The van der Waals surface area contributed by atoms with Crippen molar-refractivity contribution in [3.05, 3.63) is 23.8 Å². The molecule has 1 atom stereocenters. The third kappa shape index (κ3) is 6.18. The molecule has 0 aromatic heterocycles. The highest BCUT2D eigenvalue weighted by Crippen LogP contribution is 2.28. The topological polar surface area (TPSA) is 60.0 Å². The minimum absolute atomic E-state index is 0.0249. The Bertz CT molecular complexity index is 589. The fraction of sp³-hybridized carbons (Fsp3) is 0.650. The summed E-state index contributed by atoms with van der Waals surface area (Å²) in [6, 6.07) is 5.23. The molecule has 1 aliphatic heterocycles. The number of carbonyl (C=O) groups is 1. The van der Waals surface area contributed by atoms with E-state index in [1.54, 1.807) is 25.3 Å². The fourth-order valence-corrected chi connectivity index (χ4v) is 3.05. The quantitative estimate of drug-likeness (QED) is 0.768. The van der Waals surface area contributed by atoms with Gasteiger partial charge in [0, 0.05) is 31.7 Å². The number of methoxy groups -OCH3 is 1. The van der Waals surface area contributed by atoms with Crippen LogP contribution in [0.15, 0.2) is 18.2 Å². The highest BCUT2D eigenvalue weighted by Gasteiger charge is 2.22. The van der Waals surface area contributed by atoms with Crippen molar-refractivity contribution in [2.45, 2.75) is 39.9 Å². The summed E-state index contributed by atoms with van der Waals surface area (Å²) in [7, 11) is 1.57. The molecule has 1 fully saturated rings. The molecule has 6 heteroatoms. The molecule has 1 unspecified atom stereocenters. The summed E-state index contributed by atoms with van der Waals surface area (Å²) < 4.78 is 16.8. The molecule has 1 amide bonds. The number of nitrogens with one attached hydrogen (secondary N) is 1. The predicted octanol–water partition coefficient (Wildman–Crippen LogP) is 2.57. The molecule has 2 rings (SSSR count). The Labute approximate surface area is 156 Å². The van der Waals surface area contributed by atoms with Crippen LogP contribution < -0.4 is 14.8 Å². The minimum atomic E-state index is -0.135. The van der Waals surface area contributed by atoms with E-state index >= 15 is 0 Å². The van der Waals surface area contributed by atoms with E-state index in [2.05, 4.69) is 24.1 Å². The molecular weight excluding hydrogens is 332 g/mol. The Morgan fingerprint density at radius 3 is 2.73 bits per heavy atom. The fourth-order valence-electron chi connectivity index (χ4n) is 3.05. The van der Waals surface area contributed by atoms with Crippen LogP contribution in [0.1, 0.15) is 38.1 Å². The molecule has 0 saturated carbocycles. The molecule has 1 heterocycles. The summed E-state index contributed by atoms with van der Waals surface area (Å²) in [5, 5.41) is 2.97. The van der Waals surface area contributed by atoms with E-state index in [9.17, 15) is 4.79 Å². The normalized spacial score (nSPS) is 18.2. The zero-order chi connectivity index (χ0) is 19.1. The largest absolute Gasteiger partial charge is 0.493 e. The molecule has 1 saturated heterocycles. The lowest BCUT2D eigenvalue weighted by Gasteiger charge is -2.33. The molecule has 0 spiro atoms. The lowest BCUT2D eigenvalue weighted by molar-refractivity contribution is -0.0295. The van der Waals surface area contributed by atoms with Crippen LogP contribution in [0, 0.1) is 5.92 Å². The number of nitrogens with zero attached hydrogens (tertiary/aromatic N) is 1. The van der Waals surface area contributed by atoms with Gasteiger partial charge < -0.3 is 19.5 Å². The Morgan fingerprint density at radius 2 is 2.08 bits per heavy atom. The van der Waals surface area contributed by atoms with E-state index in [0.717, 1.165) is 19.6 Å². The van der Waals surface area contributed by atoms with Gasteiger partial charge in [0.25, 0.3) is 5.91 Å². The molecule has 146 valence electrons. The Kier molecular flexibility index (Phi) is 7.72. The maximum atomic E-state index is 12.5. The van der Waals surface area contributed by atoms with E-state index in [4.69, 9.17) is 14.2 Å². The maximum Gasteiger partial charge on any atom is 0.251 e. The number of amides is 1. The summed E-state index contributed by atoms with van der Waals surface area (Å²) in [6.45, 7) is 12.4. The number of benzene rings is 1. The maximum absolute atomic E-state index is 12.5. The van der Waals surface area contributed by atoms with Crippen LogP contribution in [-0.2, 0) is 4.74 Å². The molecular formula is C20H32N2O4. The zero-order valence-electron chi connectivity index (χ0n) is 16.6. The van der Waals surface area contributed by atoms with Crippen molar-refractivity contribution >= 4 is 5.91 Å². The first kappa shape index (κ1) is 20.5. The van der Waals surface area contributed by atoms with Crippen molar-refractivity contribution in [2.75, 3.05) is 39.9 Å². The number of ether oxygens (including phenoxy) is 3. The third-order valence-electron chi connectivity index (χ3n) is 4.13. The van der Waals surface area contributed by atoms with Crippen LogP contribution in [0.2, 0.25) is 0 Å². The second-order valence-corrected chi connectivity index (χ2v) is 7.39. The van der Waals surface area contributed by atoms with E-state index in [-0.39, 0.29) is 18.1 Å². The number of hydrogen-bond donors (Lipinski definition) is 1. The second kappa shape index (κ2) is 9.78. The van der Waals surface area contributed by atoms with Gasteiger partial charge in [-0.05, 0) is 38.0 Å². The van der Waals surface area contributed by atoms with Gasteiger partial charge in [-0.15, -0.1) is 0 Å². The molecule has 1 aromatic carbocycles. The minimum Gasteiger partial charge on any atom is -0.493 e. The molecule has 1 aromatic rings. The van der Waals surface area contributed by atoms with Gasteiger partial charge in [-0.25, -0.2) is 0 Å². The average molecular weight is 364 g/mol. The molecule has 1 aliphatic rings. The first-order valence-corrected chi connectivity index (χ1v) is 9.36. The predicted molar refractivity (Wildman–Crippen MR) is 102 cm³/mol. The van der Waals surface area contributed by atoms with Gasteiger partial charge in [0.05, 0.1) is 25.9 Å². The van der Waals surface area contributed by atoms with Crippen molar-refractivity contribution in [3.63, 3.8) is 0 Å². The van der Waals surface area contributed by atoms with Crippen molar-refractivity contribution in [1.82, 2.24) is 10.2 Å². The monoisotopic (exact) mass is 364 g/mol. The molecule has 0 radical (unpaired) electrons. The van der Waals surface area contributed by atoms with Crippen molar-refractivity contribution in [3.8, 4) is 11.5 Å². The number of rotatable bonds is 8. The summed E-state index contributed by atoms with van der Waals surface area (Å²) in [6.07, 6.45) is 0.0673. The summed E-state index contributed by atoms with van der Waals surface area (Å²) >= 11 is 0. The van der Waals surface area contributed by atoms with Gasteiger partial charge >= 0.3 is 0 Å². The van der Waals surface area contributed by atoms with Crippen LogP contribution in [0.5, 0.6) is 11.5 Å².